The van der Waals surface area contributed by atoms with Gasteiger partial charge in [0, 0.05) is 5.69 Å². The highest BCUT2D eigenvalue weighted by atomic mass is 16.5. The van der Waals surface area contributed by atoms with Gasteiger partial charge in [0.15, 0.2) is 0 Å². The lowest BCUT2D eigenvalue weighted by molar-refractivity contribution is 0.474. The van der Waals surface area contributed by atoms with Crippen LogP contribution in [-0.4, -0.2) is 0 Å². The summed E-state index contributed by atoms with van der Waals surface area (Å²) in [6.07, 6.45) is 0. The third-order valence-electron chi connectivity index (χ3n) is 3.25. The Morgan fingerprint density at radius 2 is 1.47 bits per heavy atom. The van der Waals surface area contributed by atoms with Crippen LogP contribution in [0.2, 0.25) is 0 Å². The Bertz CT molecular complexity index is 547. The van der Waals surface area contributed by atoms with Gasteiger partial charge in [-0.15, -0.1) is 0 Å². The molecule has 2 aromatic rings. The monoisotopic (exact) mass is 255 g/mol. The fraction of sp³-hybridized carbons (Fsp3) is 0.294. The second-order valence-corrected chi connectivity index (χ2v) is 5.31. The van der Waals surface area contributed by atoms with Crippen LogP contribution in [0, 0.1) is 13.8 Å². The Labute approximate surface area is 115 Å². The summed E-state index contributed by atoms with van der Waals surface area (Å²) in [5.41, 5.74) is 10.1. The lowest BCUT2D eigenvalue weighted by Crippen LogP contribution is -1.96. The lowest BCUT2D eigenvalue weighted by Gasteiger charge is -2.15. The van der Waals surface area contributed by atoms with E-state index in [4.69, 9.17) is 10.5 Å². The molecular weight excluding hydrogens is 234 g/mol. The van der Waals surface area contributed by atoms with E-state index in [0.29, 0.717) is 5.92 Å². The van der Waals surface area contributed by atoms with E-state index < -0.39 is 0 Å². The van der Waals surface area contributed by atoms with Crippen LogP contribution >= 0.6 is 0 Å². The molecule has 0 spiro atoms. The quantitative estimate of drug-likeness (QED) is 0.799. The van der Waals surface area contributed by atoms with E-state index in [9.17, 15) is 0 Å². The molecule has 2 rings (SSSR count). The molecule has 0 radical (unpaired) electrons. The van der Waals surface area contributed by atoms with Gasteiger partial charge in [0.25, 0.3) is 0 Å². The molecule has 0 bridgehead atoms. The first kappa shape index (κ1) is 13.5. The van der Waals surface area contributed by atoms with E-state index in [1.807, 2.05) is 24.3 Å². The maximum atomic E-state index is 5.97. The fourth-order valence-corrected chi connectivity index (χ4v) is 2.13. The largest absolute Gasteiger partial charge is 0.457 e. The summed E-state index contributed by atoms with van der Waals surface area (Å²) in [5.74, 6) is 2.29. The van der Waals surface area contributed by atoms with Crippen molar-refractivity contribution in [2.75, 3.05) is 5.73 Å². The molecule has 2 N–H and O–H groups in total. The van der Waals surface area contributed by atoms with Gasteiger partial charge < -0.3 is 10.5 Å². The van der Waals surface area contributed by atoms with Crippen LogP contribution in [0.15, 0.2) is 36.4 Å². The van der Waals surface area contributed by atoms with Crippen molar-refractivity contribution in [3.8, 4) is 11.5 Å². The molecule has 2 aromatic carbocycles. The summed E-state index contributed by atoms with van der Waals surface area (Å²) in [7, 11) is 0. The highest BCUT2D eigenvalue weighted by molar-refractivity contribution is 5.48. The Morgan fingerprint density at radius 3 is 1.95 bits per heavy atom. The van der Waals surface area contributed by atoms with E-state index >= 15 is 0 Å². The molecule has 0 amide bonds. The van der Waals surface area contributed by atoms with Crippen LogP contribution in [0.25, 0.3) is 0 Å². The zero-order valence-corrected chi connectivity index (χ0v) is 12.0. The Hall–Kier alpha value is -1.96. The smallest absolute Gasteiger partial charge is 0.133 e. The van der Waals surface area contributed by atoms with Crippen LogP contribution in [0.3, 0.4) is 0 Å². The van der Waals surface area contributed by atoms with E-state index in [-0.39, 0.29) is 0 Å². The second-order valence-electron chi connectivity index (χ2n) is 5.31. The Kier molecular flexibility index (Phi) is 3.79. The van der Waals surface area contributed by atoms with Crippen molar-refractivity contribution in [3.05, 3.63) is 53.1 Å². The summed E-state index contributed by atoms with van der Waals surface area (Å²) >= 11 is 0. The first-order valence-electron chi connectivity index (χ1n) is 6.62. The van der Waals surface area contributed by atoms with Crippen molar-refractivity contribution in [1.29, 1.82) is 0 Å². The van der Waals surface area contributed by atoms with Crippen LogP contribution in [0.1, 0.15) is 36.5 Å². The minimum atomic E-state index is 0.531. The number of nitrogens with two attached hydrogens (primary N) is 1. The van der Waals surface area contributed by atoms with Crippen LogP contribution < -0.4 is 10.5 Å². The van der Waals surface area contributed by atoms with Gasteiger partial charge in [-0.2, -0.15) is 0 Å². The van der Waals surface area contributed by atoms with Crippen molar-refractivity contribution in [1.82, 2.24) is 0 Å². The molecule has 0 saturated carbocycles. The number of nitrogen functional groups attached to an aromatic ring is 1. The van der Waals surface area contributed by atoms with Crippen molar-refractivity contribution in [2.45, 2.75) is 33.6 Å². The SMILES string of the molecule is Cc1cc(C(C)C)cc(C)c1Oc1ccc(N)cc1. The third-order valence-corrected chi connectivity index (χ3v) is 3.25. The Balaban J connectivity index is 2.32. The molecule has 0 aliphatic rings. The maximum Gasteiger partial charge on any atom is 0.133 e. The number of ether oxygens (including phenoxy) is 1. The van der Waals surface area contributed by atoms with Crippen molar-refractivity contribution < 1.29 is 4.74 Å². The normalized spacial score (nSPS) is 10.8. The molecule has 0 aliphatic carbocycles. The number of rotatable bonds is 3. The molecular formula is C17H21NO. The molecule has 0 aromatic heterocycles. The summed E-state index contributed by atoms with van der Waals surface area (Å²) in [5, 5.41) is 0. The Morgan fingerprint density at radius 1 is 0.947 bits per heavy atom. The van der Waals surface area contributed by atoms with Crippen LogP contribution in [0.4, 0.5) is 5.69 Å². The van der Waals surface area contributed by atoms with Crippen LogP contribution in [-0.2, 0) is 0 Å². The van der Waals surface area contributed by atoms with Gasteiger partial charge >= 0.3 is 0 Å². The summed E-state index contributed by atoms with van der Waals surface area (Å²) in [6, 6.07) is 11.9. The van der Waals surface area contributed by atoms with Crippen molar-refractivity contribution in [2.24, 2.45) is 0 Å². The molecule has 0 heterocycles. The zero-order chi connectivity index (χ0) is 14.0. The summed E-state index contributed by atoms with van der Waals surface area (Å²) in [6.45, 7) is 8.58. The topological polar surface area (TPSA) is 35.2 Å². The standard InChI is InChI=1S/C17H21NO/c1-11(2)14-9-12(3)17(13(4)10-14)19-16-7-5-15(18)6-8-16/h5-11H,18H2,1-4H3. The molecule has 0 unspecified atom stereocenters. The van der Waals surface area contributed by atoms with Gasteiger partial charge in [0.05, 0.1) is 0 Å². The molecule has 0 atom stereocenters. The van der Waals surface area contributed by atoms with E-state index in [2.05, 4.69) is 39.8 Å². The molecule has 0 aliphatic heterocycles. The highest BCUT2D eigenvalue weighted by Gasteiger charge is 2.09. The zero-order valence-electron chi connectivity index (χ0n) is 12.0. The number of hydrogen-bond donors (Lipinski definition) is 1. The minimum Gasteiger partial charge on any atom is -0.457 e. The number of anilines is 1. The summed E-state index contributed by atoms with van der Waals surface area (Å²) < 4.78 is 5.97. The first-order chi connectivity index (χ1) is 8.97. The lowest BCUT2D eigenvalue weighted by atomic mass is 9.98. The van der Waals surface area contributed by atoms with E-state index in [1.54, 1.807) is 0 Å². The molecule has 2 heteroatoms. The average molecular weight is 255 g/mol. The molecule has 100 valence electrons. The van der Waals surface area contributed by atoms with E-state index in [1.165, 1.54) is 16.7 Å². The molecule has 0 saturated heterocycles. The van der Waals surface area contributed by atoms with Crippen LogP contribution in [0.5, 0.6) is 11.5 Å². The van der Waals surface area contributed by atoms with Gasteiger partial charge in [0.1, 0.15) is 11.5 Å². The van der Waals surface area contributed by atoms with Gasteiger partial charge in [-0.1, -0.05) is 26.0 Å². The molecule has 2 nitrogen and oxygen atoms in total. The number of aryl methyl sites for hydroxylation is 2. The molecule has 19 heavy (non-hydrogen) atoms. The third kappa shape index (κ3) is 3.08. The van der Waals surface area contributed by atoms with Crippen molar-refractivity contribution in [3.63, 3.8) is 0 Å². The van der Waals surface area contributed by atoms with Gasteiger partial charge in [-0.3, -0.25) is 0 Å². The average Bonchev–Trinajstić information content (AvgIpc) is 2.35. The highest BCUT2D eigenvalue weighted by Crippen LogP contribution is 2.32. The van der Waals surface area contributed by atoms with Crippen molar-refractivity contribution >= 4 is 5.69 Å². The summed E-state index contributed by atoms with van der Waals surface area (Å²) in [4.78, 5) is 0. The number of hydrogen-bond acceptors (Lipinski definition) is 2. The first-order valence-corrected chi connectivity index (χ1v) is 6.62. The fourth-order valence-electron chi connectivity index (χ4n) is 2.13. The maximum absolute atomic E-state index is 5.97. The molecule has 0 fully saturated rings. The second kappa shape index (κ2) is 5.35. The predicted octanol–water partition coefficient (Wildman–Crippen LogP) is 4.80. The van der Waals surface area contributed by atoms with E-state index in [0.717, 1.165) is 17.2 Å². The van der Waals surface area contributed by atoms with Gasteiger partial charge in [-0.05, 0) is 60.7 Å². The van der Waals surface area contributed by atoms with Gasteiger partial charge in [0.2, 0.25) is 0 Å². The predicted molar refractivity (Wildman–Crippen MR) is 80.9 cm³/mol. The minimum absolute atomic E-state index is 0.531. The number of benzene rings is 2. The van der Waals surface area contributed by atoms with Gasteiger partial charge in [-0.25, -0.2) is 0 Å².